The van der Waals surface area contributed by atoms with E-state index in [1.165, 1.54) is 7.11 Å². The van der Waals surface area contributed by atoms with E-state index in [0.29, 0.717) is 0 Å². The summed E-state index contributed by atoms with van der Waals surface area (Å²) in [6.45, 7) is 0. The van der Waals surface area contributed by atoms with Gasteiger partial charge in [-0.2, -0.15) is 9.67 Å². The fraction of sp³-hybridized carbons (Fsp3) is 0.333. The molecular weight excluding hydrogens is 176 g/mol. The molecule has 1 aliphatic heterocycles. The van der Waals surface area contributed by atoms with Gasteiger partial charge in [0.25, 0.3) is 5.91 Å². The van der Waals surface area contributed by atoms with Crippen LogP contribution in [0.4, 0.5) is 5.95 Å². The molecule has 0 atom stereocenters. The van der Waals surface area contributed by atoms with Gasteiger partial charge in [-0.25, -0.2) is 0 Å². The van der Waals surface area contributed by atoms with Crippen molar-refractivity contribution < 1.29 is 14.3 Å². The largest absolute Gasteiger partial charge is 0.466 e. The van der Waals surface area contributed by atoms with Crippen LogP contribution in [0.3, 0.4) is 0 Å². The highest BCUT2D eigenvalue weighted by Crippen LogP contribution is 2.14. The van der Waals surface area contributed by atoms with E-state index < -0.39 is 5.91 Å². The van der Waals surface area contributed by atoms with Crippen molar-refractivity contribution in [2.45, 2.75) is 6.42 Å². The molecule has 0 spiro atoms. The van der Waals surface area contributed by atoms with E-state index in [9.17, 15) is 9.59 Å². The molecule has 0 aromatic carbocycles. The fourth-order valence-corrected chi connectivity index (χ4v) is 1.02. The van der Waals surface area contributed by atoms with Gasteiger partial charge in [-0.3, -0.25) is 14.9 Å². The summed E-state index contributed by atoms with van der Waals surface area (Å²) < 4.78 is 5.72. The van der Waals surface area contributed by atoms with Crippen LogP contribution in [0.15, 0.2) is 0 Å². The zero-order valence-electron chi connectivity index (χ0n) is 6.77. The summed E-state index contributed by atoms with van der Waals surface area (Å²) in [6, 6.07) is 0.0607. The number of hydrogen-bond donors (Lipinski definition) is 1. The van der Waals surface area contributed by atoms with Crippen LogP contribution in [-0.2, 0) is 4.79 Å². The van der Waals surface area contributed by atoms with E-state index in [2.05, 4.69) is 15.4 Å². The summed E-state index contributed by atoms with van der Waals surface area (Å²) in [5.41, 5.74) is 0. The number of methoxy groups -OCH3 is 1. The Labute approximate surface area is 72.7 Å². The maximum Gasteiger partial charge on any atom is 0.337 e. The molecule has 1 amide bonds. The second-order valence-electron chi connectivity index (χ2n) is 2.45. The molecule has 0 radical (unpaired) electrons. The first-order valence-corrected chi connectivity index (χ1v) is 3.55. The van der Waals surface area contributed by atoms with Crippen LogP contribution >= 0.6 is 0 Å². The molecule has 1 aromatic heterocycles. The summed E-state index contributed by atoms with van der Waals surface area (Å²) in [7, 11) is 1.38. The predicted octanol–water partition coefficient (Wildman–Crippen LogP) is -0.731. The van der Waals surface area contributed by atoms with Gasteiger partial charge >= 0.3 is 6.01 Å². The van der Waals surface area contributed by atoms with E-state index in [4.69, 9.17) is 4.74 Å². The van der Waals surface area contributed by atoms with Gasteiger partial charge in [-0.1, -0.05) is 0 Å². The van der Waals surface area contributed by atoms with E-state index in [1.807, 2.05) is 0 Å². The summed E-state index contributed by atoms with van der Waals surface area (Å²) in [6.07, 6.45) is -0.209. The number of ether oxygens (including phenoxy) is 1. The van der Waals surface area contributed by atoms with Crippen LogP contribution in [0.5, 0.6) is 6.01 Å². The Hall–Kier alpha value is -1.92. The number of amides is 1. The predicted molar refractivity (Wildman–Crippen MR) is 40.4 cm³/mol. The Bertz CT molecular complexity index is 383. The van der Waals surface area contributed by atoms with Crippen molar-refractivity contribution in [2.75, 3.05) is 12.4 Å². The molecule has 0 unspecified atom stereocenters. The zero-order chi connectivity index (χ0) is 9.42. The molecule has 2 heterocycles. The van der Waals surface area contributed by atoms with Gasteiger partial charge in [-0.15, -0.1) is 5.10 Å². The van der Waals surface area contributed by atoms with Crippen LogP contribution in [-0.4, -0.2) is 33.7 Å². The fourth-order valence-electron chi connectivity index (χ4n) is 1.02. The maximum atomic E-state index is 11.2. The van der Waals surface area contributed by atoms with Crippen molar-refractivity contribution >= 4 is 17.8 Å². The summed E-state index contributed by atoms with van der Waals surface area (Å²) >= 11 is 0. The number of fused-ring (bicyclic) bond motifs is 1. The molecule has 13 heavy (non-hydrogen) atoms. The van der Waals surface area contributed by atoms with Gasteiger partial charge in [0.05, 0.1) is 7.11 Å². The highest BCUT2D eigenvalue weighted by atomic mass is 16.5. The monoisotopic (exact) mass is 182 g/mol. The highest BCUT2D eigenvalue weighted by Gasteiger charge is 2.25. The molecule has 0 fully saturated rings. The minimum atomic E-state index is -0.408. The second-order valence-corrected chi connectivity index (χ2v) is 2.45. The minimum Gasteiger partial charge on any atom is -0.466 e. The molecule has 0 bridgehead atoms. The van der Waals surface area contributed by atoms with Crippen molar-refractivity contribution in [3.63, 3.8) is 0 Å². The Kier molecular flexibility index (Phi) is 1.51. The number of carbonyl (C=O) groups excluding carboxylic acids is 2. The standard InChI is InChI=1S/C6H6N4O3/c1-13-6-8-5-7-3(11)2-4(12)10(5)9-6/h2H2,1H3,(H,7,8,9,11). The lowest BCUT2D eigenvalue weighted by Gasteiger charge is -2.09. The van der Waals surface area contributed by atoms with Gasteiger partial charge in [-0.05, 0) is 0 Å². The lowest BCUT2D eigenvalue weighted by atomic mass is 10.3. The van der Waals surface area contributed by atoms with Crippen LogP contribution in [0.25, 0.3) is 0 Å². The molecule has 0 aliphatic carbocycles. The van der Waals surface area contributed by atoms with Crippen LogP contribution in [0, 0.1) is 0 Å². The Morgan fingerprint density at radius 2 is 2.31 bits per heavy atom. The van der Waals surface area contributed by atoms with Gasteiger partial charge < -0.3 is 4.74 Å². The van der Waals surface area contributed by atoms with Crippen molar-refractivity contribution in [3.8, 4) is 6.01 Å². The van der Waals surface area contributed by atoms with Gasteiger partial charge in [0.1, 0.15) is 6.42 Å². The molecule has 2 rings (SSSR count). The van der Waals surface area contributed by atoms with E-state index in [0.717, 1.165) is 4.68 Å². The SMILES string of the molecule is COc1nc2n(n1)C(=O)CC(=O)N2. The van der Waals surface area contributed by atoms with Gasteiger partial charge in [0.15, 0.2) is 0 Å². The second kappa shape index (κ2) is 2.54. The van der Waals surface area contributed by atoms with Crippen molar-refractivity contribution in [1.82, 2.24) is 14.8 Å². The summed E-state index contributed by atoms with van der Waals surface area (Å²) in [5, 5.41) is 6.10. The van der Waals surface area contributed by atoms with E-state index in [-0.39, 0.29) is 24.3 Å². The number of nitrogens with zero attached hydrogens (tertiary/aromatic N) is 3. The van der Waals surface area contributed by atoms with Crippen molar-refractivity contribution in [2.24, 2.45) is 0 Å². The third-order valence-electron chi connectivity index (χ3n) is 1.57. The molecular formula is C6H6N4O3. The summed E-state index contributed by atoms with van der Waals surface area (Å²) in [5.74, 6) is -0.680. The highest BCUT2D eigenvalue weighted by molar-refractivity contribution is 6.07. The number of carbonyl (C=O) groups is 2. The van der Waals surface area contributed by atoms with Crippen LogP contribution < -0.4 is 10.1 Å². The van der Waals surface area contributed by atoms with Crippen molar-refractivity contribution in [1.29, 1.82) is 0 Å². The molecule has 1 aliphatic rings. The Morgan fingerprint density at radius 3 is 3.00 bits per heavy atom. The average Bonchev–Trinajstić information content (AvgIpc) is 2.47. The third kappa shape index (κ3) is 1.13. The van der Waals surface area contributed by atoms with Gasteiger partial charge in [0, 0.05) is 0 Å². The average molecular weight is 182 g/mol. The first-order valence-electron chi connectivity index (χ1n) is 3.55. The molecule has 0 saturated carbocycles. The number of nitrogens with one attached hydrogen (secondary N) is 1. The van der Waals surface area contributed by atoms with Crippen molar-refractivity contribution in [3.05, 3.63) is 0 Å². The first kappa shape index (κ1) is 7.71. The summed E-state index contributed by atoms with van der Waals surface area (Å²) in [4.78, 5) is 25.8. The lowest BCUT2D eigenvalue weighted by molar-refractivity contribution is -0.115. The first-order chi connectivity index (χ1) is 6.20. The maximum absolute atomic E-state index is 11.2. The zero-order valence-corrected chi connectivity index (χ0v) is 6.77. The number of hydrogen-bond acceptors (Lipinski definition) is 5. The number of anilines is 1. The van der Waals surface area contributed by atoms with E-state index in [1.54, 1.807) is 0 Å². The Balaban J connectivity index is 2.46. The molecule has 68 valence electrons. The topological polar surface area (TPSA) is 86.1 Å². The van der Waals surface area contributed by atoms with Crippen LogP contribution in [0.2, 0.25) is 0 Å². The Morgan fingerprint density at radius 1 is 1.54 bits per heavy atom. The van der Waals surface area contributed by atoms with Crippen LogP contribution in [0.1, 0.15) is 11.2 Å². The normalized spacial score (nSPS) is 15.2. The number of rotatable bonds is 1. The molecule has 0 saturated heterocycles. The third-order valence-corrected chi connectivity index (χ3v) is 1.57. The molecule has 1 aromatic rings. The smallest absolute Gasteiger partial charge is 0.337 e. The number of aromatic nitrogens is 3. The van der Waals surface area contributed by atoms with Gasteiger partial charge in [0.2, 0.25) is 11.9 Å². The van der Waals surface area contributed by atoms with E-state index >= 15 is 0 Å². The quantitative estimate of drug-likeness (QED) is 0.578. The lowest BCUT2D eigenvalue weighted by Crippen LogP contribution is -2.30. The minimum absolute atomic E-state index is 0.0607. The molecule has 1 N–H and O–H groups in total. The molecule has 7 nitrogen and oxygen atoms in total. The molecule has 7 heteroatoms.